The van der Waals surface area contributed by atoms with Gasteiger partial charge in [-0.05, 0) is 133 Å². The number of hydrogen-bond donors (Lipinski definition) is 0. The third-order valence-corrected chi connectivity index (χ3v) is 12.0. The van der Waals surface area contributed by atoms with Gasteiger partial charge in [-0.1, -0.05) is 36.4 Å². The van der Waals surface area contributed by atoms with Crippen LogP contribution < -0.4 is 29.9 Å². The van der Waals surface area contributed by atoms with Gasteiger partial charge in [0.25, 0.3) is 0 Å². The molecule has 0 radical (unpaired) electrons. The highest BCUT2D eigenvalue weighted by molar-refractivity contribution is 6.64. The van der Waals surface area contributed by atoms with Crippen LogP contribution in [0.15, 0.2) is 60.7 Å². The predicted octanol–water partition coefficient (Wildman–Crippen LogP) is 7.89. The van der Waals surface area contributed by atoms with Crippen molar-refractivity contribution in [3.05, 3.63) is 60.7 Å². The van der Waals surface area contributed by atoms with Crippen molar-refractivity contribution in [3.8, 4) is 23.0 Å². The first-order valence-electron chi connectivity index (χ1n) is 21.0. The van der Waals surface area contributed by atoms with Crippen LogP contribution in [0.2, 0.25) is 0 Å². The Balaban J connectivity index is 1.08. The molecule has 4 fully saturated rings. The minimum Gasteiger partial charge on any atom is -0.494 e. The van der Waals surface area contributed by atoms with Crippen molar-refractivity contribution in [1.82, 2.24) is 0 Å². The number of allylic oxidation sites excluding steroid dienone is 4. The topological polar surface area (TPSA) is 73.8 Å². The van der Waals surface area contributed by atoms with Crippen LogP contribution in [0.3, 0.4) is 0 Å². The van der Waals surface area contributed by atoms with Gasteiger partial charge >= 0.3 is 14.2 Å². The largest absolute Gasteiger partial charge is 0.502 e. The highest BCUT2D eigenvalue weighted by Gasteiger charge is 2.68. The van der Waals surface area contributed by atoms with Crippen LogP contribution in [-0.2, 0) is 18.6 Å². The summed E-state index contributed by atoms with van der Waals surface area (Å²) in [6, 6.07) is 12.2. The van der Waals surface area contributed by atoms with Crippen molar-refractivity contribution in [2.75, 3.05) is 26.4 Å². The fraction of sp³-hybridized carbons (Fsp3) is 0.628. The van der Waals surface area contributed by atoms with E-state index in [4.69, 9.17) is 37.6 Å². The lowest BCUT2D eigenvalue weighted by Gasteiger charge is -2.31. The summed E-state index contributed by atoms with van der Waals surface area (Å²) < 4.78 is 53.5. The second kappa shape index (κ2) is 18.6. The molecule has 0 N–H and O–H groups in total. The second-order valence-corrected chi connectivity index (χ2v) is 15.7. The van der Waals surface area contributed by atoms with Crippen LogP contribution >= 0.6 is 0 Å². The normalized spacial score (nSPS) is 31.5. The number of fused-ring (bicyclic) bond motifs is 24. The summed E-state index contributed by atoms with van der Waals surface area (Å²) in [6.07, 6.45) is 27.6. The van der Waals surface area contributed by atoms with E-state index >= 15 is 0 Å². The average Bonchev–Trinajstić information content (AvgIpc) is 3.95. The molecule has 8 nitrogen and oxygen atoms in total. The fourth-order valence-electron chi connectivity index (χ4n) is 9.20. The molecule has 2 aromatic rings. The van der Waals surface area contributed by atoms with Crippen molar-refractivity contribution in [3.63, 3.8) is 0 Å². The zero-order chi connectivity index (χ0) is 35.7. The Morgan fingerprint density at radius 1 is 0.377 bits per heavy atom. The summed E-state index contributed by atoms with van der Waals surface area (Å²) in [5, 5.41) is 0. The highest BCUT2D eigenvalue weighted by Crippen LogP contribution is 2.55. The Labute approximate surface area is 317 Å². The average molecular weight is 725 g/mol. The molecule has 2 unspecified atom stereocenters. The smallest absolute Gasteiger partial charge is 0.494 e. The summed E-state index contributed by atoms with van der Waals surface area (Å²) in [4.78, 5) is 0. The van der Waals surface area contributed by atoms with Gasteiger partial charge in [0, 0.05) is 11.8 Å². The van der Waals surface area contributed by atoms with Crippen LogP contribution in [-0.4, -0.2) is 65.1 Å². The lowest BCUT2D eigenvalue weighted by atomic mass is 9.77. The molecule has 6 aliphatic heterocycles. The van der Waals surface area contributed by atoms with Crippen molar-refractivity contribution in [2.24, 2.45) is 11.8 Å². The van der Waals surface area contributed by atoms with E-state index in [0.717, 1.165) is 117 Å². The Kier molecular flexibility index (Phi) is 13.0. The van der Waals surface area contributed by atoms with E-state index in [0.29, 0.717) is 26.4 Å². The standard InChI is InChI=1S/C43H58B2O8/c1-2-6-10-14-18-28-47-35-24-22-26-37-39(35)45-52-42-32-31-33(43(42)53-45)41-40(32)50-44(51-41)38-34(46-27-17-13-9-5-1)23-21-25-36(38)48-29-19-15-11-7-3-4-8-12-16-20-30-49-37/h1-4,21-26,32-33,40-43H,5-20,27-31H2/b2-1-,4-3-/t32?,33?,40-,41+,42+,43-. The van der Waals surface area contributed by atoms with Gasteiger partial charge in [0.2, 0.25) is 0 Å². The lowest BCUT2D eigenvalue weighted by molar-refractivity contribution is -0.00476. The molecule has 53 heavy (non-hydrogen) atoms. The van der Waals surface area contributed by atoms with Crippen LogP contribution in [0.1, 0.15) is 109 Å². The summed E-state index contributed by atoms with van der Waals surface area (Å²) in [7, 11) is -1.13. The van der Waals surface area contributed by atoms with Gasteiger partial charge in [-0.15, -0.1) is 0 Å². The van der Waals surface area contributed by atoms with Gasteiger partial charge in [-0.3, -0.25) is 0 Å². The Morgan fingerprint density at radius 2 is 0.679 bits per heavy atom. The molecule has 2 aromatic carbocycles. The molecular weight excluding hydrogens is 666 g/mol. The van der Waals surface area contributed by atoms with E-state index in [9.17, 15) is 0 Å². The van der Waals surface area contributed by atoms with Crippen molar-refractivity contribution < 1.29 is 37.6 Å². The van der Waals surface area contributed by atoms with Crippen molar-refractivity contribution in [2.45, 2.75) is 134 Å². The Bertz CT molecular complexity index is 1330. The van der Waals surface area contributed by atoms with Gasteiger partial charge in [0.05, 0.1) is 61.8 Å². The number of ether oxygens (including phenoxy) is 4. The summed E-state index contributed by atoms with van der Waals surface area (Å²) in [5.41, 5.74) is 1.75. The van der Waals surface area contributed by atoms with Crippen molar-refractivity contribution >= 4 is 25.2 Å². The highest BCUT2D eigenvalue weighted by atomic mass is 16.7. The minimum atomic E-state index is -0.565. The first kappa shape index (κ1) is 37.0. The zero-order valence-electron chi connectivity index (χ0n) is 31.5. The molecular formula is C43H58B2O8. The van der Waals surface area contributed by atoms with Gasteiger partial charge in [-0.25, -0.2) is 0 Å². The molecule has 10 bridgehead atoms. The minimum absolute atomic E-state index is 0.0817. The summed E-state index contributed by atoms with van der Waals surface area (Å²) in [6.45, 7) is 2.61. The molecule has 284 valence electrons. The summed E-state index contributed by atoms with van der Waals surface area (Å²) >= 11 is 0. The van der Waals surface area contributed by atoms with Gasteiger partial charge < -0.3 is 37.6 Å². The molecule has 6 heterocycles. The van der Waals surface area contributed by atoms with E-state index in [1.165, 1.54) is 25.7 Å². The molecule has 2 saturated heterocycles. The maximum absolute atomic E-state index is 6.89. The predicted molar refractivity (Wildman–Crippen MR) is 209 cm³/mol. The van der Waals surface area contributed by atoms with Crippen LogP contribution in [0.4, 0.5) is 0 Å². The lowest BCUT2D eigenvalue weighted by Crippen LogP contribution is -2.44. The second-order valence-electron chi connectivity index (χ2n) is 15.7. The molecule has 8 aliphatic rings. The zero-order valence-corrected chi connectivity index (χ0v) is 31.5. The van der Waals surface area contributed by atoms with Crippen LogP contribution in [0, 0.1) is 11.8 Å². The number of benzene rings is 2. The fourth-order valence-corrected chi connectivity index (χ4v) is 9.20. The Hall–Kier alpha value is -2.91. The SMILES string of the molecule is C1=C\CCCCCOc2cccc3c2B2O[C@@H]4C5CC([C@H]6OB(O[C@@H]56)c5c(cccc5OCCCCC/C=C\CCCCCO3)OCCCCC/1)[C@@H]4O2. The quantitative estimate of drug-likeness (QED) is 0.201. The molecule has 0 spiro atoms. The van der Waals surface area contributed by atoms with Gasteiger partial charge in [0.15, 0.2) is 0 Å². The molecule has 10 heteroatoms. The monoisotopic (exact) mass is 724 g/mol. The van der Waals surface area contributed by atoms with E-state index in [1.54, 1.807) is 0 Å². The van der Waals surface area contributed by atoms with E-state index in [2.05, 4.69) is 24.3 Å². The number of rotatable bonds is 0. The molecule has 0 amide bonds. The first-order chi connectivity index (χ1) is 26.3. The van der Waals surface area contributed by atoms with Gasteiger partial charge in [-0.2, -0.15) is 0 Å². The molecule has 0 aromatic heterocycles. The molecule has 6 atom stereocenters. The molecule has 2 saturated carbocycles. The van der Waals surface area contributed by atoms with E-state index < -0.39 is 14.2 Å². The first-order valence-corrected chi connectivity index (χ1v) is 21.0. The van der Waals surface area contributed by atoms with Crippen LogP contribution in [0.25, 0.3) is 0 Å². The van der Waals surface area contributed by atoms with Gasteiger partial charge in [0.1, 0.15) is 23.0 Å². The number of hydrogen-bond acceptors (Lipinski definition) is 8. The molecule has 2 aliphatic carbocycles. The van der Waals surface area contributed by atoms with E-state index in [-0.39, 0.29) is 36.3 Å². The van der Waals surface area contributed by atoms with Crippen molar-refractivity contribution in [1.29, 1.82) is 0 Å². The maximum atomic E-state index is 6.89. The maximum Gasteiger partial charge on any atom is 0.502 e. The molecule has 10 rings (SSSR count). The Morgan fingerprint density at radius 3 is 0.981 bits per heavy atom. The van der Waals surface area contributed by atoms with E-state index in [1.807, 2.05) is 36.4 Å². The summed E-state index contributed by atoms with van der Waals surface area (Å²) in [5.74, 6) is 3.53. The van der Waals surface area contributed by atoms with Crippen LogP contribution in [0.5, 0.6) is 23.0 Å². The third kappa shape index (κ3) is 8.82. The third-order valence-electron chi connectivity index (χ3n) is 12.0.